The fourth-order valence-corrected chi connectivity index (χ4v) is 6.41. The first kappa shape index (κ1) is 43.5. The van der Waals surface area contributed by atoms with Gasteiger partial charge in [0.05, 0.1) is 25.4 Å². The van der Waals surface area contributed by atoms with Crippen LogP contribution in [-0.2, 0) is 43.1 Å². The number of rotatable bonds is 16. The SMILES string of the molecule is CC(C)C(NC(=O)C(Cc1ccccc1)CC(O)C(Cc1ccccc1)NC(=O)OC(C)(C)C)C(=O)NC(Cc1ccccc1)C(=O)NC(=O)N1CCOCC1. The third-order valence-corrected chi connectivity index (χ3v) is 9.38. The number of morpholine rings is 1. The normalized spacial score (nSPS) is 15.7. The molecule has 56 heavy (non-hydrogen) atoms. The molecule has 1 saturated heterocycles. The summed E-state index contributed by atoms with van der Waals surface area (Å²) in [5, 5.41) is 22.7. The molecule has 1 heterocycles. The molecule has 0 spiro atoms. The molecule has 0 aliphatic carbocycles. The summed E-state index contributed by atoms with van der Waals surface area (Å²) in [6.45, 7) is 10.2. The Morgan fingerprint density at radius 3 is 1.75 bits per heavy atom. The lowest BCUT2D eigenvalue weighted by Crippen LogP contribution is -2.58. The molecule has 13 nitrogen and oxygen atoms in total. The van der Waals surface area contributed by atoms with E-state index in [0.29, 0.717) is 26.3 Å². The number of imide groups is 1. The zero-order valence-electron chi connectivity index (χ0n) is 33.0. The molecule has 3 aromatic carbocycles. The van der Waals surface area contributed by atoms with Crippen LogP contribution in [0.3, 0.4) is 0 Å². The van der Waals surface area contributed by atoms with Crippen LogP contribution in [0.5, 0.6) is 0 Å². The summed E-state index contributed by atoms with van der Waals surface area (Å²) < 4.78 is 10.8. The van der Waals surface area contributed by atoms with Gasteiger partial charge in [0, 0.05) is 25.4 Å². The van der Waals surface area contributed by atoms with Gasteiger partial charge in [-0.05, 0) is 62.6 Å². The number of aliphatic hydroxyl groups is 1. The van der Waals surface area contributed by atoms with E-state index in [0.717, 1.165) is 16.7 Å². The Morgan fingerprint density at radius 1 is 0.714 bits per heavy atom. The molecule has 0 saturated carbocycles. The van der Waals surface area contributed by atoms with E-state index >= 15 is 0 Å². The lowest BCUT2D eigenvalue weighted by molar-refractivity contribution is -0.134. The number of carbonyl (C=O) groups is 5. The van der Waals surface area contributed by atoms with Gasteiger partial charge in [-0.15, -0.1) is 0 Å². The highest BCUT2D eigenvalue weighted by molar-refractivity contribution is 5.99. The van der Waals surface area contributed by atoms with E-state index in [1.54, 1.807) is 34.6 Å². The van der Waals surface area contributed by atoms with Crippen molar-refractivity contribution < 1.29 is 38.6 Å². The van der Waals surface area contributed by atoms with Gasteiger partial charge in [-0.25, -0.2) is 9.59 Å². The standard InChI is InChI=1S/C43H57N5O8/c1-29(2)37(40(52)44-35(27-32-19-13-8-14-20-32)39(51)47-41(53)48-21-23-55-24-22-48)46-38(50)33(25-30-15-9-6-10-16-30)28-36(49)34(26-31-17-11-7-12-18-31)45-42(54)56-43(3,4)5/h6-20,29,33-37,49H,21-28H2,1-5H3,(H,44,52)(H,45,54)(H,46,50)(H,47,51,53). The maximum absolute atomic E-state index is 14.3. The van der Waals surface area contributed by atoms with Crippen LogP contribution in [0.15, 0.2) is 91.0 Å². The number of nitrogens with one attached hydrogen (secondary N) is 4. The molecular weight excluding hydrogens is 714 g/mol. The van der Waals surface area contributed by atoms with Crippen LogP contribution in [0.1, 0.15) is 57.7 Å². The Morgan fingerprint density at radius 2 is 1.23 bits per heavy atom. The smallest absolute Gasteiger partial charge is 0.407 e. The molecule has 0 radical (unpaired) electrons. The number of ether oxygens (including phenoxy) is 2. The van der Waals surface area contributed by atoms with E-state index in [1.807, 2.05) is 91.0 Å². The highest BCUT2D eigenvalue weighted by Crippen LogP contribution is 2.20. The molecule has 3 aromatic rings. The van der Waals surface area contributed by atoms with E-state index in [9.17, 15) is 29.1 Å². The average molecular weight is 772 g/mol. The molecule has 4 rings (SSSR count). The van der Waals surface area contributed by atoms with Crippen LogP contribution < -0.4 is 21.3 Å². The van der Waals surface area contributed by atoms with E-state index < -0.39 is 71.5 Å². The maximum atomic E-state index is 14.3. The van der Waals surface area contributed by atoms with Crippen LogP contribution in [-0.4, -0.2) is 96.0 Å². The average Bonchev–Trinajstić information content (AvgIpc) is 3.16. The highest BCUT2D eigenvalue weighted by Gasteiger charge is 2.35. The van der Waals surface area contributed by atoms with Crippen LogP contribution in [0, 0.1) is 11.8 Å². The topological polar surface area (TPSA) is 175 Å². The largest absolute Gasteiger partial charge is 0.444 e. The molecular formula is C43H57N5O8. The first-order chi connectivity index (χ1) is 26.7. The van der Waals surface area contributed by atoms with Gasteiger partial charge < -0.3 is 35.4 Å². The first-order valence-electron chi connectivity index (χ1n) is 19.3. The fraction of sp³-hybridized carbons (Fsp3) is 0.465. The summed E-state index contributed by atoms with van der Waals surface area (Å²) in [4.78, 5) is 69.2. The summed E-state index contributed by atoms with van der Waals surface area (Å²) in [6, 6.07) is 24.2. The number of urea groups is 1. The van der Waals surface area contributed by atoms with Crippen molar-refractivity contribution in [1.82, 2.24) is 26.2 Å². The number of aliphatic hydroxyl groups excluding tert-OH is 1. The molecule has 0 bridgehead atoms. The fourth-order valence-electron chi connectivity index (χ4n) is 6.41. The van der Waals surface area contributed by atoms with Gasteiger partial charge >= 0.3 is 12.1 Å². The Labute approximate surface area is 329 Å². The molecule has 5 N–H and O–H groups in total. The Hall–Kier alpha value is -5.27. The van der Waals surface area contributed by atoms with E-state index in [-0.39, 0.29) is 25.7 Å². The third-order valence-electron chi connectivity index (χ3n) is 9.38. The number of benzene rings is 3. The number of nitrogens with zero attached hydrogens (tertiary/aromatic N) is 1. The molecule has 5 unspecified atom stereocenters. The van der Waals surface area contributed by atoms with E-state index in [2.05, 4.69) is 21.3 Å². The minimum Gasteiger partial charge on any atom is -0.444 e. The molecule has 302 valence electrons. The predicted octanol–water partition coefficient (Wildman–Crippen LogP) is 4.17. The molecule has 1 fully saturated rings. The lowest BCUT2D eigenvalue weighted by Gasteiger charge is -2.30. The highest BCUT2D eigenvalue weighted by atomic mass is 16.6. The zero-order valence-corrected chi connectivity index (χ0v) is 33.0. The molecule has 13 heteroatoms. The summed E-state index contributed by atoms with van der Waals surface area (Å²) in [7, 11) is 0. The molecule has 0 aromatic heterocycles. The van der Waals surface area contributed by atoms with Crippen molar-refractivity contribution in [2.75, 3.05) is 26.3 Å². The van der Waals surface area contributed by atoms with Crippen molar-refractivity contribution in [3.8, 4) is 0 Å². The van der Waals surface area contributed by atoms with Crippen LogP contribution in [0.2, 0.25) is 0 Å². The first-order valence-corrected chi connectivity index (χ1v) is 19.3. The summed E-state index contributed by atoms with van der Waals surface area (Å²) in [5.74, 6) is -2.99. The van der Waals surface area contributed by atoms with Crippen molar-refractivity contribution in [3.63, 3.8) is 0 Å². The monoisotopic (exact) mass is 771 g/mol. The summed E-state index contributed by atoms with van der Waals surface area (Å²) in [5.41, 5.74) is 1.70. The van der Waals surface area contributed by atoms with Gasteiger partial charge in [0.2, 0.25) is 11.8 Å². The minimum atomic E-state index is -1.18. The molecule has 6 amide bonds. The van der Waals surface area contributed by atoms with Crippen molar-refractivity contribution in [2.45, 2.75) is 90.1 Å². The number of alkyl carbamates (subject to hydrolysis) is 1. The van der Waals surface area contributed by atoms with Crippen molar-refractivity contribution in [1.29, 1.82) is 0 Å². The summed E-state index contributed by atoms with van der Waals surface area (Å²) >= 11 is 0. The van der Waals surface area contributed by atoms with E-state index in [4.69, 9.17) is 9.47 Å². The van der Waals surface area contributed by atoms with E-state index in [1.165, 1.54) is 4.90 Å². The number of hydrogen-bond acceptors (Lipinski definition) is 8. The number of hydrogen-bond donors (Lipinski definition) is 5. The summed E-state index contributed by atoms with van der Waals surface area (Å²) in [6.07, 6.45) is -1.32. The molecule has 1 aliphatic rings. The van der Waals surface area contributed by atoms with Gasteiger partial charge in [-0.3, -0.25) is 19.7 Å². The van der Waals surface area contributed by atoms with Gasteiger partial charge in [-0.2, -0.15) is 0 Å². The number of amides is 6. The Bertz CT molecular complexity index is 1710. The van der Waals surface area contributed by atoms with Gasteiger partial charge in [0.1, 0.15) is 17.7 Å². The van der Waals surface area contributed by atoms with Crippen molar-refractivity contribution >= 4 is 29.8 Å². The third kappa shape index (κ3) is 14.4. The minimum absolute atomic E-state index is 0.0524. The number of carbonyl (C=O) groups excluding carboxylic acids is 5. The molecule has 1 aliphatic heterocycles. The van der Waals surface area contributed by atoms with Gasteiger partial charge in [-0.1, -0.05) is 105 Å². The predicted molar refractivity (Wildman–Crippen MR) is 212 cm³/mol. The van der Waals surface area contributed by atoms with Crippen LogP contribution in [0.4, 0.5) is 9.59 Å². The second-order valence-corrected chi connectivity index (χ2v) is 15.5. The van der Waals surface area contributed by atoms with Crippen molar-refractivity contribution in [3.05, 3.63) is 108 Å². The lowest BCUT2D eigenvalue weighted by atomic mass is 9.88. The zero-order chi connectivity index (χ0) is 40.7. The van der Waals surface area contributed by atoms with Crippen LogP contribution in [0.25, 0.3) is 0 Å². The van der Waals surface area contributed by atoms with Gasteiger partial charge in [0.25, 0.3) is 5.91 Å². The molecule has 5 atom stereocenters. The Balaban J connectivity index is 1.54. The second kappa shape index (κ2) is 21.1. The van der Waals surface area contributed by atoms with Crippen molar-refractivity contribution in [2.24, 2.45) is 11.8 Å². The van der Waals surface area contributed by atoms with Crippen LogP contribution >= 0.6 is 0 Å². The quantitative estimate of drug-likeness (QED) is 0.144. The Kier molecular flexibility index (Phi) is 16.4. The van der Waals surface area contributed by atoms with Gasteiger partial charge in [0.15, 0.2) is 0 Å². The second-order valence-electron chi connectivity index (χ2n) is 15.5. The maximum Gasteiger partial charge on any atom is 0.407 e.